The van der Waals surface area contributed by atoms with E-state index in [1.165, 1.54) is 5.56 Å². The molecule has 1 aromatic heterocycles. The number of hydrogen-bond acceptors (Lipinski definition) is 5. The summed E-state index contributed by atoms with van der Waals surface area (Å²) < 4.78 is 7.09. The highest BCUT2D eigenvalue weighted by atomic mass is 16.5. The third-order valence-electron chi connectivity index (χ3n) is 5.48. The number of ether oxygens (including phenoxy) is 1. The molecule has 0 bridgehead atoms. The lowest BCUT2D eigenvalue weighted by Gasteiger charge is -2.13. The van der Waals surface area contributed by atoms with E-state index in [-0.39, 0.29) is 16.9 Å². The van der Waals surface area contributed by atoms with Gasteiger partial charge in [0.2, 0.25) is 5.78 Å². The molecule has 6 heteroatoms. The first-order chi connectivity index (χ1) is 14.5. The zero-order chi connectivity index (χ0) is 21.3. The second-order valence-corrected chi connectivity index (χ2v) is 7.68. The molecule has 0 saturated carbocycles. The van der Waals surface area contributed by atoms with Crippen LogP contribution in [0.1, 0.15) is 58.8 Å². The van der Waals surface area contributed by atoms with Gasteiger partial charge in [-0.2, -0.15) is 0 Å². The Hall–Kier alpha value is -3.28. The Kier molecular flexibility index (Phi) is 5.48. The van der Waals surface area contributed by atoms with Crippen molar-refractivity contribution in [2.45, 2.75) is 52.2 Å². The van der Waals surface area contributed by atoms with E-state index < -0.39 is 12.1 Å². The van der Waals surface area contributed by atoms with Gasteiger partial charge in [-0.15, -0.1) is 0 Å². The van der Waals surface area contributed by atoms with E-state index in [0.717, 1.165) is 31.5 Å². The summed E-state index contributed by atoms with van der Waals surface area (Å²) in [6, 6.07) is 12.1. The van der Waals surface area contributed by atoms with E-state index >= 15 is 0 Å². The number of fused-ring (bicyclic) bond motifs is 2. The van der Waals surface area contributed by atoms with Gasteiger partial charge in [-0.05, 0) is 43.5 Å². The Bertz CT molecular complexity index is 1180. The quantitative estimate of drug-likeness (QED) is 0.462. The van der Waals surface area contributed by atoms with Crippen LogP contribution in [0.3, 0.4) is 0 Å². The number of nitrogens with zero attached hydrogens (tertiary/aromatic N) is 2. The maximum Gasteiger partial charge on any atom is 0.338 e. The average Bonchev–Trinajstić information content (AvgIpc) is 3.22. The lowest BCUT2D eigenvalue weighted by atomic mass is 10.0. The van der Waals surface area contributed by atoms with E-state index in [4.69, 9.17) is 4.74 Å². The first kappa shape index (κ1) is 20.0. The molecule has 0 aliphatic carbocycles. The van der Waals surface area contributed by atoms with Crippen molar-refractivity contribution < 1.29 is 14.3 Å². The van der Waals surface area contributed by atoms with Crippen LogP contribution < -0.4 is 5.56 Å². The first-order valence-corrected chi connectivity index (χ1v) is 10.4. The summed E-state index contributed by atoms with van der Waals surface area (Å²) >= 11 is 0. The highest BCUT2D eigenvalue weighted by Gasteiger charge is 2.22. The van der Waals surface area contributed by atoms with Crippen LogP contribution in [-0.2, 0) is 24.1 Å². The van der Waals surface area contributed by atoms with E-state index in [9.17, 15) is 14.4 Å². The summed E-state index contributed by atoms with van der Waals surface area (Å²) in [4.78, 5) is 42.3. The van der Waals surface area contributed by atoms with Crippen LogP contribution in [0.4, 0.5) is 0 Å². The summed E-state index contributed by atoms with van der Waals surface area (Å²) in [6.45, 7) is 4.35. The number of aryl methyl sites for hydroxylation is 2. The van der Waals surface area contributed by atoms with Gasteiger partial charge in [0, 0.05) is 18.5 Å². The molecule has 0 N–H and O–H groups in total. The predicted octanol–water partition coefficient (Wildman–Crippen LogP) is 3.72. The van der Waals surface area contributed by atoms with E-state index in [0.29, 0.717) is 23.0 Å². The molecular formula is C24H24N2O4. The Morgan fingerprint density at radius 3 is 2.60 bits per heavy atom. The Morgan fingerprint density at radius 2 is 1.87 bits per heavy atom. The summed E-state index contributed by atoms with van der Waals surface area (Å²) in [5.74, 6) is -0.114. The summed E-state index contributed by atoms with van der Waals surface area (Å²) in [7, 11) is 0. The molecule has 3 aromatic rings. The van der Waals surface area contributed by atoms with Crippen LogP contribution in [0.15, 0.2) is 47.3 Å². The second kappa shape index (κ2) is 8.22. The van der Waals surface area contributed by atoms with Crippen molar-refractivity contribution in [2.75, 3.05) is 0 Å². The maximum atomic E-state index is 12.6. The van der Waals surface area contributed by atoms with Crippen molar-refractivity contribution in [1.29, 1.82) is 0 Å². The zero-order valence-corrected chi connectivity index (χ0v) is 17.2. The van der Waals surface area contributed by atoms with Crippen LogP contribution in [-0.4, -0.2) is 27.4 Å². The molecule has 2 aromatic carbocycles. The monoisotopic (exact) mass is 404 g/mol. The fourth-order valence-corrected chi connectivity index (χ4v) is 3.85. The van der Waals surface area contributed by atoms with Crippen molar-refractivity contribution >= 4 is 22.7 Å². The maximum absolute atomic E-state index is 12.6. The third-order valence-corrected chi connectivity index (χ3v) is 5.48. The fourth-order valence-electron chi connectivity index (χ4n) is 3.85. The normalized spacial score (nSPS) is 13.8. The standard InChI is InChI=1S/C24H24N2O4/c1-3-5-16-7-9-17(10-8-16)22(27)15(2)30-24(29)18-11-12-19-20(14-18)25-21-6-4-13-26(21)23(19)28/h7-12,14-15H,3-6,13H2,1-2H3/t15-/m0/s1. The van der Waals surface area contributed by atoms with Gasteiger partial charge in [-0.3, -0.25) is 14.2 Å². The van der Waals surface area contributed by atoms with E-state index in [1.54, 1.807) is 41.8 Å². The molecule has 1 aliphatic heterocycles. The third kappa shape index (κ3) is 3.77. The van der Waals surface area contributed by atoms with Crippen LogP contribution in [0, 0.1) is 0 Å². The molecule has 0 unspecified atom stereocenters. The lowest BCUT2D eigenvalue weighted by molar-refractivity contribution is 0.0319. The van der Waals surface area contributed by atoms with Crippen LogP contribution in [0.5, 0.6) is 0 Å². The lowest BCUT2D eigenvalue weighted by Crippen LogP contribution is -2.25. The molecule has 0 radical (unpaired) electrons. The van der Waals surface area contributed by atoms with Gasteiger partial charge in [-0.25, -0.2) is 9.78 Å². The number of carbonyl (C=O) groups is 2. The number of carbonyl (C=O) groups excluding carboxylic acids is 2. The number of rotatable bonds is 6. The summed E-state index contributed by atoms with van der Waals surface area (Å²) in [5.41, 5.74) is 2.36. The molecule has 0 saturated heterocycles. The molecule has 0 fully saturated rings. The Balaban J connectivity index is 1.51. The average molecular weight is 404 g/mol. The van der Waals surface area contributed by atoms with Crippen LogP contribution in [0.2, 0.25) is 0 Å². The van der Waals surface area contributed by atoms with Gasteiger partial charge in [-0.1, -0.05) is 37.6 Å². The SMILES string of the molecule is CCCc1ccc(C(=O)[C@H](C)OC(=O)c2ccc3c(=O)n4c(nc3c2)CCC4)cc1. The van der Waals surface area contributed by atoms with Crippen molar-refractivity contribution in [2.24, 2.45) is 0 Å². The van der Waals surface area contributed by atoms with Crippen molar-refractivity contribution in [3.05, 3.63) is 75.3 Å². The molecule has 2 heterocycles. The highest BCUT2D eigenvalue weighted by molar-refractivity contribution is 6.02. The molecular weight excluding hydrogens is 380 g/mol. The smallest absolute Gasteiger partial charge is 0.338 e. The Labute approximate surface area is 174 Å². The number of esters is 1. The zero-order valence-electron chi connectivity index (χ0n) is 17.2. The minimum absolute atomic E-state index is 0.0810. The van der Waals surface area contributed by atoms with Gasteiger partial charge in [0.1, 0.15) is 5.82 Å². The number of Topliss-reactive ketones (excluding diaryl/α,β-unsaturated/α-hetero) is 1. The van der Waals surface area contributed by atoms with Gasteiger partial charge in [0.15, 0.2) is 6.10 Å². The van der Waals surface area contributed by atoms with Gasteiger partial charge >= 0.3 is 5.97 Å². The second-order valence-electron chi connectivity index (χ2n) is 7.68. The fraction of sp³-hybridized carbons (Fsp3) is 0.333. The molecule has 1 atom stereocenters. The topological polar surface area (TPSA) is 78.3 Å². The van der Waals surface area contributed by atoms with Gasteiger partial charge in [0.25, 0.3) is 5.56 Å². The number of aromatic nitrogens is 2. The molecule has 4 rings (SSSR count). The minimum atomic E-state index is -0.913. The molecule has 0 spiro atoms. The van der Waals surface area contributed by atoms with Gasteiger partial charge in [0.05, 0.1) is 16.5 Å². The molecule has 30 heavy (non-hydrogen) atoms. The number of ketones is 1. The highest BCUT2D eigenvalue weighted by Crippen LogP contribution is 2.18. The van der Waals surface area contributed by atoms with Crippen molar-refractivity contribution in [1.82, 2.24) is 9.55 Å². The van der Waals surface area contributed by atoms with E-state index in [2.05, 4.69) is 11.9 Å². The minimum Gasteiger partial charge on any atom is -0.451 e. The number of benzene rings is 2. The first-order valence-electron chi connectivity index (χ1n) is 10.4. The van der Waals surface area contributed by atoms with E-state index in [1.807, 2.05) is 12.1 Å². The molecule has 154 valence electrons. The van der Waals surface area contributed by atoms with Crippen molar-refractivity contribution in [3.8, 4) is 0 Å². The summed E-state index contributed by atoms with van der Waals surface area (Å²) in [5, 5.41) is 0.480. The van der Waals surface area contributed by atoms with Crippen LogP contribution >= 0.6 is 0 Å². The van der Waals surface area contributed by atoms with Crippen LogP contribution in [0.25, 0.3) is 10.9 Å². The molecule has 6 nitrogen and oxygen atoms in total. The van der Waals surface area contributed by atoms with Gasteiger partial charge < -0.3 is 4.74 Å². The summed E-state index contributed by atoms with van der Waals surface area (Å²) in [6.07, 6.45) is 2.73. The Morgan fingerprint density at radius 1 is 1.13 bits per heavy atom. The number of hydrogen-bond donors (Lipinski definition) is 0. The van der Waals surface area contributed by atoms with Crippen molar-refractivity contribution in [3.63, 3.8) is 0 Å². The predicted molar refractivity (Wildman–Crippen MR) is 114 cm³/mol. The largest absolute Gasteiger partial charge is 0.451 e. The molecule has 0 amide bonds. The molecule has 1 aliphatic rings.